The van der Waals surface area contributed by atoms with Crippen LogP contribution in [0.2, 0.25) is 0 Å². The molecule has 0 radical (unpaired) electrons. The molecule has 1 aliphatic carbocycles. The van der Waals surface area contributed by atoms with Gasteiger partial charge in [0.15, 0.2) is 0 Å². The lowest BCUT2D eigenvalue weighted by Gasteiger charge is -2.39. The van der Waals surface area contributed by atoms with Gasteiger partial charge in [-0.05, 0) is 60.6 Å². The minimum atomic E-state index is -0.964. The third kappa shape index (κ3) is 5.60. The number of hydrogen-bond donors (Lipinski definition) is 1. The molecule has 4 unspecified atom stereocenters. The standard InChI is InChI=1S/C26H30F2O5/c27-20-8-4-18(5-9-20)14-32-15-22-23(3-1-2-12-31-16-25(29)30)26(13-24(22)33-17-26)19-6-10-21(28)11-7-19/h4-11,22-24H,1-3,12-17H2,(H,29,30). The molecule has 7 heteroatoms. The highest BCUT2D eigenvalue weighted by Crippen LogP contribution is 2.56. The van der Waals surface area contributed by atoms with Crippen LogP contribution in [0.3, 0.4) is 0 Å². The number of carboxylic acids is 1. The molecule has 178 valence electrons. The fourth-order valence-corrected chi connectivity index (χ4v) is 5.47. The van der Waals surface area contributed by atoms with E-state index in [-0.39, 0.29) is 35.7 Å². The van der Waals surface area contributed by atoms with Gasteiger partial charge in [-0.25, -0.2) is 13.6 Å². The van der Waals surface area contributed by atoms with Gasteiger partial charge in [0.1, 0.15) is 18.2 Å². The molecule has 2 fully saturated rings. The quantitative estimate of drug-likeness (QED) is 0.464. The molecule has 4 rings (SSSR count). The summed E-state index contributed by atoms with van der Waals surface area (Å²) in [6.07, 6.45) is 3.56. The molecule has 0 aromatic heterocycles. The first kappa shape index (κ1) is 23.8. The van der Waals surface area contributed by atoms with E-state index in [1.54, 1.807) is 12.1 Å². The maximum Gasteiger partial charge on any atom is 0.329 e. The van der Waals surface area contributed by atoms with Gasteiger partial charge < -0.3 is 19.3 Å². The van der Waals surface area contributed by atoms with Crippen LogP contribution in [0.1, 0.15) is 36.8 Å². The normalized spacial score (nSPS) is 26.1. The summed E-state index contributed by atoms with van der Waals surface area (Å²) in [6.45, 7) is 1.68. The zero-order chi connectivity index (χ0) is 23.3. The van der Waals surface area contributed by atoms with Gasteiger partial charge in [-0.1, -0.05) is 30.7 Å². The predicted molar refractivity (Wildman–Crippen MR) is 118 cm³/mol. The third-order valence-electron chi connectivity index (χ3n) is 7.02. The monoisotopic (exact) mass is 460 g/mol. The molecule has 1 saturated heterocycles. The van der Waals surface area contributed by atoms with Gasteiger partial charge in [-0.15, -0.1) is 0 Å². The van der Waals surface area contributed by atoms with E-state index in [1.165, 1.54) is 24.3 Å². The van der Waals surface area contributed by atoms with Crippen LogP contribution in [0.4, 0.5) is 8.78 Å². The van der Waals surface area contributed by atoms with Crippen LogP contribution in [0, 0.1) is 23.5 Å². The Morgan fingerprint density at radius 2 is 1.73 bits per heavy atom. The van der Waals surface area contributed by atoms with Crippen molar-refractivity contribution in [3.8, 4) is 0 Å². The summed E-state index contributed by atoms with van der Waals surface area (Å²) in [7, 11) is 0. The Kier molecular flexibility index (Phi) is 7.73. The average Bonchev–Trinajstić information content (AvgIpc) is 3.36. The molecule has 0 spiro atoms. The lowest BCUT2D eigenvalue weighted by molar-refractivity contribution is -0.142. The first-order valence-electron chi connectivity index (χ1n) is 11.5. The molecular formula is C26H30F2O5. The van der Waals surface area contributed by atoms with Gasteiger partial charge in [-0.3, -0.25) is 0 Å². The number of rotatable bonds is 12. The largest absolute Gasteiger partial charge is 0.480 e. The molecule has 2 bridgehead atoms. The van der Waals surface area contributed by atoms with E-state index in [2.05, 4.69) is 0 Å². The lowest BCUT2D eigenvalue weighted by atomic mass is 9.69. The number of carboxylic acid groups (broad SMARTS) is 1. The highest BCUT2D eigenvalue weighted by atomic mass is 19.1. The fourth-order valence-electron chi connectivity index (χ4n) is 5.47. The molecule has 4 atom stereocenters. The molecule has 2 aromatic carbocycles. The van der Waals surface area contributed by atoms with Crippen LogP contribution >= 0.6 is 0 Å². The van der Waals surface area contributed by atoms with Crippen molar-refractivity contribution in [1.82, 2.24) is 0 Å². The van der Waals surface area contributed by atoms with Crippen molar-refractivity contribution in [2.45, 2.75) is 43.8 Å². The summed E-state index contributed by atoms with van der Waals surface area (Å²) >= 11 is 0. The van der Waals surface area contributed by atoms with Crippen LogP contribution in [-0.2, 0) is 31.0 Å². The molecular weight excluding hydrogens is 430 g/mol. The third-order valence-corrected chi connectivity index (χ3v) is 7.02. The molecule has 33 heavy (non-hydrogen) atoms. The van der Waals surface area contributed by atoms with E-state index in [4.69, 9.17) is 19.3 Å². The number of carbonyl (C=O) groups is 1. The molecule has 1 heterocycles. The minimum absolute atomic E-state index is 0.0801. The zero-order valence-electron chi connectivity index (χ0n) is 18.6. The Hall–Kier alpha value is -2.35. The zero-order valence-corrected chi connectivity index (χ0v) is 18.6. The number of benzene rings is 2. The summed E-state index contributed by atoms with van der Waals surface area (Å²) in [5.41, 5.74) is 1.84. The molecule has 2 aliphatic rings. The van der Waals surface area contributed by atoms with Crippen molar-refractivity contribution in [3.05, 3.63) is 71.3 Å². The highest BCUT2D eigenvalue weighted by molar-refractivity contribution is 5.67. The van der Waals surface area contributed by atoms with E-state index < -0.39 is 5.97 Å². The average molecular weight is 461 g/mol. The highest BCUT2D eigenvalue weighted by Gasteiger charge is 2.59. The number of unbranched alkanes of at least 4 members (excludes halogenated alkanes) is 1. The number of fused-ring (bicyclic) bond motifs is 2. The smallest absolute Gasteiger partial charge is 0.329 e. The van der Waals surface area contributed by atoms with Crippen molar-refractivity contribution in [2.75, 3.05) is 26.4 Å². The SMILES string of the molecule is O=C(O)COCCCCC1C(COCc2ccc(F)cc2)C2CC1(c1ccc(F)cc1)CO2. The second-order valence-corrected chi connectivity index (χ2v) is 9.07. The molecule has 1 N–H and O–H groups in total. The number of ether oxygens (including phenoxy) is 3. The van der Waals surface area contributed by atoms with E-state index in [0.29, 0.717) is 32.3 Å². The second-order valence-electron chi connectivity index (χ2n) is 9.07. The summed E-state index contributed by atoms with van der Waals surface area (Å²) in [6, 6.07) is 13.1. The fraction of sp³-hybridized carbons (Fsp3) is 0.500. The lowest BCUT2D eigenvalue weighted by Crippen LogP contribution is -2.41. The number of hydrogen-bond acceptors (Lipinski definition) is 4. The van der Waals surface area contributed by atoms with E-state index in [9.17, 15) is 13.6 Å². The molecule has 2 aromatic rings. The molecule has 5 nitrogen and oxygen atoms in total. The van der Waals surface area contributed by atoms with Gasteiger partial charge in [0.25, 0.3) is 0 Å². The Bertz CT molecular complexity index is 917. The van der Waals surface area contributed by atoms with Crippen LogP contribution < -0.4 is 0 Å². The van der Waals surface area contributed by atoms with Crippen LogP contribution in [0.5, 0.6) is 0 Å². The maximum atomic E-state index is 13.6. The van der Waals surface area contributed by atoms with E-state index in [0.717, 1.165) is 36.8 Å². The van der Waals surface area contributed by atoms with Crippen molar-refractivity contribution < 1.29 is 32.9 Å². The maximum absolute atomic E-state index is 13.6. The topological polar surface area (TPSA) is 65.0 Å². The summed E-state index contributed by atoms with van der Waals surface area (Å²) in [5.74, 6) is -0.990. The van der Waals surface area contributed by atoms with Crippen LogP contribution in [0.25, 0.3) is 0 Å². The first-order chi connectivity index (χ1) is 16.0. The van der Waals surface area contributed by atoms with Gasteiger partial charge in [-0.2, -0.15) is 0 Å². The first-order valence-corrected chi connectivity index (χ1v) is 11.5. The van der Waals surface area contributed by atoms with Crippen molar-refractivity contribution >= 4 is 5.97 Å². The predicted octanol–water partition coefficient (Wildman–Crippen LogP) is 4.73. The summed E-state index contributed by atoms with van der Waals surface area (Å²) in [5, 5.41) is 8.71. The summed E-state index contributed by atoms with van der Waals surface area (Å²) < 4.78 is 44.1. The van der Waals surface area contributed by atoms with Crippen LogP contribution in [-0.4, -0.2) is 43.6 Å². The van der Waals surface area contributed by atoms with Crippen molar-refractivity contribution in [3.63, 3.8) is 0 Å². The van der Waals surface area contributed by atoms with Gasteiger partial charge in [0, 0.05) is 17.9 Å². The van der Waals surface area contributed by atoms with Crippen molar-refractivity contribution in [1.29, 1.82) is 0 Å². The number of halogens is 2. The van der Waals surface area contributed by atoms with Crippen molar-refractivity contribution in [2.24, 2.45) is 11.8 Å². The second kappa shape index (κ2) is 10.7. The minimum Gasteiger partial charge on any atom is -0.480 e. The molecule has 1 aliphatic heterocycles. The molecule has 1 saturated carbocycles. The Balaban J connectivity index is 1.42. The number of aliphatic carboxylic acids is 1. The summed E-state index contributed by atoms with van der Waals surface area (Å²) in [4.78, 5) is 10.6. The van der Waals surface area contributed by atoms with Gasteiger partial charge in [0.05, 0.1) is 25.9 Å². The Morgan fingerprint density at radius 3 is 2.42 bits per heavy atom. The Morgan fingerprint density at radius 1 is 1.03 bits per heavy atom. The van der Waals surface area contributed by atoms with Gasteiger partial charge in [0.2, 0.25) is 0 Å². The Labute approximate surface area is 192 Å². The molecule has 0 amide bonds. The van der Waals surface area contributed by atoms with Crippen LogP contribution in [0.15, 0.2) is 48.5 Å². The van der Waals surface area contributed by atoms with E-state index >= 15 is 0 Å². The van der Waals surface area contributed by atoms with Gasteiger partial charge >= 0.3 is 5.97 Å². The van der Waals surface area contributed by atoms with E-state index in [1.807, 2.05) is 12.1 Å².